The molecule has 3 N–H and O–H groups in total. The van der Waals surface area contributed by atoms with E-state index in [1.165, 1.54) is 4.90 Å². The van der Waals surface area contributed by atoms with Crippen LogP contribution < -0.4 is 16.1 Å². The van der Waals surface area contributed by atoms with Gasteiger partial charge in [-0.1, -0.05) is 10.3 Å². The Bertz CT molecular complexity index is 1210. The van der Waals surface area contributed by atoms with Crippen molar-refractivity contribution in [2.75, 3.05) is 37.9 Å². The summed E-state index contributed by atoms with van der Waals surface area (Å²) in [6.45, 7) is 2.41. The Balaban J connectivity index is 2.18. The highest BCUT2D eigenvalue weighted by molar-refractivity contribution is 6.10. The van der Waals surface area contributed by atoms with Crippen LogP contribution in [0.25, 0.3) is 10.9 Å². The van der Waals surface area contributed by atoms with E-state index in [1.807, 2.05) is 0 Å². The number of alkyl halides is 1. The lowest BCUT2D eigenvalue weighted by atomic mass is 10.1. The van der Waals surface area contributed by atoms with E-state index in [4.69, 9.17) is 15.4 Å². The summed E-state index contributed by atoms with van der Waals surface area (Å²) in [4.78, 5) is 35.3. The number of aromatic carboxylic acids is 1. The molecule has 1 fully saturated rings. The van der Waals surface area contributed by atoms with Crippen LogP contribution in [0.1, 0.15) is 24.2 Å². The molecule has 10 nitrogen and oxygen atoms in total. The first kappa shape index (κ1) is 24.9. The molecule has 13 heteroatoms. The number of nitrogens with zero attached hydrogens (tertiary/aromatic N) is 4. The van der Waals surface area contributed by atoms with Crippen molar-refractivity contribution in [2.24, 2.45) is 22.0 Å². The molecule has 2 aromatic rings. The number of aromatic nitrogens is 1. The van der Waals surface area contributed by atoms with Gasteiger partial charge in [-0.25, -0.2) is 18.0 Å². The third-order valence-electron chi connectivity index (χ3n) is 5.23. The normalized spacial score (nSPS) is 17.6. The second-order valence-electron chi connectivity index (χ2n) is 7.34. The third-order valence-corrected chi connectivity index (χ3v) is 5.23. The Hall–Kier alpha value is -3.77. The number of rotatable bonds is 9. The van der Waals surface area contributed by atoms with Crippen molar-refractivity contribution in [1.82, 2.24) is 4.57 Å². The fourth-order valence-electron chi connectivity index (χ4n) is 3.76. The van der Waals surface area contributed by atoms with Gasteiger partial charge in [-0.3, -0.25) is 4.79 Å². The summed E-state index contributed by atoms with van der Waals surface area (Å²) in [5.41, 5.74) is 3.64. The van der Waals surface area contributed by atoms with E-state index in [9.17, 15) is 19.1 Å². The predicted octanol–water partition coefficient (Wildman–Crippen LogP) is 2.08. The second kappa shape index (κ2) is 10.4. The Morgan fingerprint density at radius 1 is 1.29 bits per heavy atom. The summed E-state index contributed by atoms with van der Waals surface area (Å²) < 4.78 is 45.0. The smallest absolute Gasteiger partial charge is 0.341 e. The van der Waals surface area contributed by atoms with Crippen LogP contribution in [-0.4, -0.2) is 60.2 Å². The van der Waals surface area contributed by atoms with Gasteiger partial charge in [0.05, 0.1) is 35.6 Å². The number of carbonyl (C=O) groups is 1. The minimum atomic E-state index is -1.59. The zero-order valence-electron chi connectivity index (χ0n) is 18.6. The van der Waals surface area contributed by atoms with E-state index < -0.39 is 64.3 Å². The fraction of sp³-hybridized carbons (Fsp3) is 0.429. The zero-order valence-corrected chi connectivity index (χ0v) is 18.6. The van der Waals surface area contributed by atoms with Gasteiger partial charge in [-0.2, -0.15) is 0 Å². The average molecular weight is 483 g/mol. The fourth-order valence-corrected chi connectivity index (χ4v) is 3.76. The number of anilines is 1. The maximum Gasteiger partial charge on any atom is 0.341 e. The molecule has 1 aromatic heterocycles. The predicted molar refractivity (Wildman–Crippen MR) is 119 cm³/mol. The van der Waals surface area contributed by atoms with Crippen LogP contribution in [0.5, 0.6) is 0 Å². The molecule has 184 valence electrons. The van der Waals surface area contributed by atoms with E-state index in [0.717, 1.165) is 16.8 Å². The number of carboxylic acid groups (broad SMARTS) is 1. The number of carboxylic acids is 1. The Morgan fingerprint density at radius 2 is 2.00 bits per heavy atom. The summed E-state index contributed by atoms with van der Waals surface area (Å²) in [6, 6.07) is 0.752. The summed E-state index contributed by atoms with van der Waals surface area (Å²) in [5.74, 6) is -4.48. The third kappa shape index (κ3) is 4.63. The molecule has 1 aromatic carbocycles. The molecular formula is C21H24F3N5O5. The maximum absolute atomic E-state index is 15.7. The molecule has 34 heavy (non-hydrogen) atoms. The van der Waals surface area contributed by atoms with Crippen LogP contribution in [0.4, 0.5) is 18.9 Å². The number of halogens is 3. The zero-order chi connectivity index (χ0) is 25.0. The minimum Gasteiger partial charge on any atom is -0.477 e. The molecule has 3 rings (SSSR count). The van der Waals surface area contributed by atoms with Gasteiger partial charge in [-0.15, -0.1) is 0 Å². The van der Waals surface area contributed by atoms with Crippen LogP contribution in [-0.2, 0) is 16.2 Å². The average Bonchev–Trinajstić information content (AvgIpc) is 3.21. The van der Waals surface area contributed by atoms with E-state index >= 15 is 8.78 Å². The number of hydrogen-bond donors (Lipinski definition) is 2. The lowest BCUT2D eigenvalue weighted by molar-refractivity contribution is 0.0694. The molecule has 0 bridgehead atoms. The van der Waals surface area contributed by atoms with E-state index in [0.29, 0.717) is 5.71 Å². The van der Waals surface area contributed by atoms with Crippen LogP contribution in [0.3, 0.4) is 0 Å². The van der Waals surface area contributed by atoms with Crippen LogP contribution in [0.2, 0.25) is 0 Å². The maximum atomic E-state index is 15.7. The van der Waals surface area contributed by atoms with Crippen molar-refractivity contribution in [2.45, 2.75) is 20.4 Å². The lowest BCUT2D eigenvalue weighted by Crippen LogP contribution is -2.31. The topological polar surface area (TPSA) is 132 Å². The highest BCUT2D eigenvalue weighted by Gasteiger charge is 2.36. The van der Waals surface area contributed by atoms with Gasteiger partial charge >= 0.3 is 5.97 Å². The van der Waals surface area contributed by atoms with Crippen molar-refractivity contribution in [1.29, 1.82) is 0 Å². The molecular weight excluding hydrogens is 459 g/mol. The van der Waals surface area contributed by atoms with Crippen molar-refractivity contribution in [3.8, 4) is 0 Å². The standard InChI is InChI=1S/C21H24F3N5O5/c1-3-33-26-15-10-29(8-12(15)20(25)27-34-4-2)18-14(23)7-11-17(16(18)24)28(6-5-22)9-13(19(11)30)21(31)32/h7,9,12H,3-6,8,10H2,1-2H3,(H2,25,27)(H,31,32)/b26-15+. The number of benzene rings is 1. The van der Waals surface area contributed by atoms with Gasteiger partial charge < -0.3 is 30.0 Å². The SMILES string of the molecule is CCO/N=C1\CN(c2c(F)cc3c(=O)c(C(=O)O)cn(CCF)c3c2F)CC1/C(N)=N\OCC. The summed E-state index contributed by atoms with van der Waals surface area (Å²) in [7, 11) is 0. The van der Waals surface area contributed by atoms with Gasteiger partial charge in [0.15, 0.2) is 5.82 Å². The van der Waals surface area contributed by atoms with Crippen LogP contribution in [0, 0.1) is 17.6 Å². The van der Waals surface area contributed by atoms with Crippen LogP contribution in [0.15, 0.2) is 27.4 Å². The summed E-state index contributed by atoms with van der Waals surface area (Å²) in [6.07, 6.45) is 0.846. The monoisotopic (exact) mass is 483 g/mol. The Morgan fingerprint density at radius 3 is 2.62 bits per heavy atom. The molecule has 1 saturated heterocycles. The first-order valence-corrected chi connectivity index (χ1v) is 10.5. The molecule has 1 aliphatic heterocycles. The number of hydrogen-bond acceptors (Lipinski definition) is 7. The quantitative estimate of drug-likeness (QED) is 0.317. The number of amidine groups is 1. The van der Waals surface area contributed by atoms with E-state index in [-0.39, 0.29) is 32.1 Å². The number of aryl methyl sites for hydroxylation is 1. The van der Waals surface area contributed by atoms with E-state index in [2.05, 4.69) is 10.3 Å². The molecule has 0 amide bonds. The Labute approximate surface area is 192 Å². The van der Waals surface area contributed by atoms with Gasteiger partial charge in [0.2, 0.25) is 5.43 Å². The van der Waals surface area contributed by atoms with Gasteiger partial charge in [0, 0.05) is 12.7 Å². The molecule has 1 atom stereocenters. The molecule has 0 saturated carbocycles. The number of pyridine rings is 1. The molecule has 2 heterocycles. The van der Waals surface area contributed by atoms with Gasteiger partial charge in [-0.05, 0) is 19.9 Å². The highest BCUT2D eigenvalue weighted by atomic mass is 19.1. The first-order chi connectivity index (χ1) is 16.2. The van der Waals surface area contributed by atoms with Crippen molar-refractivity contribution < 1.29 is 32.7 Å². The molecule has 0 aliphatic carbocycles. The summed E-state index contributed by atoms with van der Waals surface area (Å²) in [5, 5.41) is 16.5. The highest BCUT2D eigenvalue weighted by Crippen LogP contribution is 2.33. The number of nitrogens with two attached hydrogens (primary N) is 1. The van der Waals surface area contributed by atoms with Gasteiger partial charge in [0.25, 0.3) is 0 Å². The molecule has 0 spiro atoms. The van der Waals surface area contributed by atoms with Gasteiger partial charge in [0.1, 0.15) is 42.8 Å². The second-order valence-corrected chi connectivity index (χ2v) is 7.34. The number of fused-ring (bicyclic) bond motifs is 1. The molecule has 1 unspecified atom stereocenters. The molecule has 0 radical (unpaired) electrons. The first-order valence-electron chi connectivity index (χ1n) is 10.5. The minimum absolute atomic E-state index is 0.0323. The van der Waals surface area contributed by atoms with Crippen LogP contribution >= 0.6 is 0 Å². The molecule has 1 aliphatic rings. The number of oxime groups is 2. The van der Waals surface area contributed by atoms with Crippen molar-refractivity contribution in [3.63, 3.8) is 0 Å². The van der Waals surface area contributed by atoms with E-state index in [1.54, 1.807) is 13.8 Å². The van der Waals surface area contributed by atoms with Crippen molar-refractivity contribution in [3.05, 3.63) is 39.7 Å². The van der Waals surface area contributed by atoms with Crippen molar-refractivity contribution >= 4 is 34.1 Å². The lowest BCUT2D eigenvalue weighted by Gasteiger charge is -2.21. The Kier molecular flexibility index (Phi) is 7.64. The largest absolute Gasteiger partial charge is 0.477 e. The summed E-state index contributed by atoms with van der Waals surface area (Å²) >= 11 is 0.